The highest BCUT2D eigenvalue weighted by molar-refractivity contribution is 5.46. The first-order valence-corrected chi connectivity index (χ1v) is 4.43. The van der Waals surface area contributed by atoms with E-state index in [-0.39, 0.29) is 17.0 Å². The number of phenolic OH excluding ortho intramolecular Hbond substituents is 1. The largest absolute Gasteiger partial charge is 0.508 e. The van der Waals surface area contributed by atoms with Gasteiger partial charge in [-0.05, 0) is 12.1 Å². The van der Waals surface area contributed by atoms with E-state index in [1.54, 1.807) is 0 Å². The standard InChI is InChI=1S/C9H10F2N2O3/c10-9(11)4-7(12)6-3-5(14)1-2-8(6)13(15)16/h1-3,7,9,14H,4,12H2/t7-/m1/s1. The van der Waals surface area contributed by atoms with Crippen molar-refractivity contribution in [3.8, 4) is 5.75 Å². The first kappa shape index (κ1) is 12.3. The molecule has 88 valence electrons. The average Bonchev–Trinajstić information content (AvgIpc) is 2.15. The Morgan fingerprint density at radius 2 is 2.12 bits per heavy atom. The van der Waals surface area contributed by atoms with Crippen molar-refractivity contribution < 1.29 is 18.8 Å². The van der Waals surface area contributed by atoms with E-state index in [1.807, 2.05) is 0 Å². The Morgan fingerprint density at radius 3 is 2.62 bits per heavy atom. The molecule has 0 bridgehead atoms. The molecule has 5 nitrogen and oxygen atoms in total. The summed E-state index contributed by atoms with van der Waals surface area (Å²) in [7, 11) is 0. The molecule has 0 saturated heterocycles. The van der Waals surface area contributed by atoms with Gasteiger partial charge in [-0.15, -0.1) is 0 Å². The number of nitro benzene ring substituents is 1. The number of hydrogen-bond donors (Lipinski definition) is 2. The molecular formula is C9H10F2N2O3. The molecule has 0 aliphatic carbocycles. The van der Waals surface area contributed by atoms with Gasteiger partial charge < -0.3 is 10.8 Å². The highest BCUT2D eigenvalue weighted by Crippen LogP contribution is 2.30. The van der Waals surface area contributed by atoms with Gasteiger partial charge in [0.25, 0.3) is 5.69 Å². The van der Waals surface area contributed by atoms with E-state index in [0.29, 0.717) is 0 Å². The smallest absolute Gasteiger partial charge is 0.274 e. The van der Waals surface area contributed by atoms with Gasteiger partial charge in [0.1, 0.15) is 5.75 Å². The van der Waals surface area contributed by atoms with Crippen LogP contribution in [0.1, 0.15) is 18.0 Å². The second-order valence-corrected chi connectivity index (χ2v) is 3.23. The van der Waals surface area contributed by atoms with Crippen LogP contribution in [0.2, 0.25) is 0 Å². The minimum atomic E-state index is -2.66. The Morgan fingerprint density at radius 1 is 1.50 bits per heavy atom. The van der Waals surface area contributed by atoms with Crippen molar-refractivity contribution in [2.45, 2.75) is 18.9 Å². The van der Waals surface area contributed by atoms with Gasteiger partial charge in [0.2, 0.25) is 6.43 Å². The van der Waals surface area contributed by atoms with Gasteiger partial charge >= 0.3 is 0 Å². The zero-order valence-electron chi connectivity index (χ0n) is 8.14. The number of aromatic hydroxyl groups is 1. The number of phenols is 1. The number of halogens is 2. The molecule has 0 fully saturated rings. The molecular weight excluding hydrogens is 222 g/mol. The summed E-state index contributed by atoms with van der Waals surface area (Å²) in [4.78, 5) is 9.88. The van der Waals surface area contributed by atoms with Crippen LogP contribution >= 0.6 is 0 Å². The fraction of sp³-hybridized carbons (Fsp3) is 0.333. The van der Waals surface area contributed by atoms with E-state index in [0.717, 1.165) is 18.2 Å². The molecule has 0 aromatic heterocycles. The van der Waals surface area contributed by atoms with Crippen LogP contribution in [0.15, 0.2) is 18.2 Å². The van der Waals surface area contributed by atoms with Gasteiger partial charge in [-0.3, -0.25) is 10.1 Å². The van der Waals surface area contributed by atoms with Crippen LogP contribution in [0.25, 0.3) is 0 Å². The summed E-state index contributed by atoms with van der Waals surface area (Å²) in [6.07, 6.45) is -3.35. The minimum Gasteiger partial charge on any atom is -0.508 e. The Balaban J connectivity index is 3.09. The van der Waals surface area contributed by atoms with Crippen molar-refractivity contribution in [3.63, 3.8) is 0 Å². The number of hydrogen-bond acceptors (Lipinski definition) is 4. The molecule has 0 aliphatic rings. The summed E-state index contributed by atoms with van der Waals surface area (Å²) in [6, 6.07) is 2.00. The summed E-state index contributed by atoms with van der Waals surface area (Å²) in [5, 5.41) is 19.7. The number of alkyl halides is 2. The molecule has 0 amide bonds. The maximum Gasteiger partial charge on any atom is 0.274 e. The predicted molar refractivity (Wildman–Crippen MR) is 52.3 cm³/mol. The lowest BCUT2D eigenvalue weighted by atomic mass is 10.0. The average molecular weight is 232 g/mol. The molecule has 0 spiro atoms. The van der Waals surface area contributed by atoms with E-state index in [4.69, 9.17) is 10.8 Å². The molecule has 1 aromatic rings. The molecule has 0 aliphatic heterocycles. The maximum atomic E-state index is 12.1. The maximum absolute atomic E-state index is 12.1. The van der Waals surface area contributed by atoms with Crippen LogP contribution in [0.3, 0.4) is 0 Å². The Bertz CT molecular complexity index is 398. The van der Waals surface area contributed by atoms with Gasteiger partial charge in [-0.25, -0.2) is 8.78 Å². The van der Waals surface area contributed by atoms with Crippen LogP contribution in [0, 0.1) is 10.1 Å². The van der Waals surface area contributed by atoms with Crippen molar-refractivity contribution in [2.75, 3.05) is 0 Å². The van der Waals surface area contributed by atoms with Gasteiger partial charge in [-0.1, -0.05) is 0 Å². The SMILES string of the molecule is N[C@H](CC(F)F)c1cc(O)ccc1[N+](=O)[O-]. The molecule has 16 heavy (non-hydrogen) atoms. The fourth-order valence-corrected chi connectivity index (χ4v) is 1.32. The number of benzene rings is 1. The van der Waals surface area contributed by atoms with E-state index >= 15 is 0 Å². The lowest BCUT2D eigenvalue weighted by Crippen LogP contribution is -2.15. The predicted octanol–water partition coefficient (Wildman–Crippen LogP) is 1.96. The van der Waals surface area contributed by atoms with Crippen LogP contribution in [-0.4, -0.2) is 16.5 Å². The van der Waals surface area contributed by atoms with Gasteiger partial charge in [0.15, 0.2) is 0 Å². The number of nitro groups is 1. The highest BCUT2D eigenvalue weighted by Gasteiger charge is 2.22. The first-order chi connectivity index (χ1) is 7.41. The molecule has 1 atom stereocenters. The zero-order chi connectivity index (χ0) is 12.3. The number of rotatable bonds is 4. The van der Waals surface area contributed by atoms with Crippen molar-refractivity contribution in [1.82, 2.24) is 0 Å². The van der Waals surface area contributed by atoms with Crippen LogP contribution in [0.4, 0.5) is 14.5 Å². The lowest BCUT2D eigenvalue weighted by molar-refractivity contribution is -0.385. The molecule has 7 heteroatoms. The molecule has 0 saturated carbocycles. The molecule has 0 unspecified atom stereocenters. The third-order valence-corrected chi connectivity index (χ3v) is 2.04. The summed E-state index contributed by atoms with van der Waals surface area (Å²) in [6.45, 7) is 0. The zero-order valence-corrected chi connectivity index (χ0v) is 8.14. The molecule has 3 N–H and O–H groups in total. The van der Waals surface area contributed by atoms with E-state index < -0.39 is 23.8 Å². The van der Waals surface area contributed by atoms with E-state index in [2.05, 4.69) is 0 Å². The monoisotopic (exact) mass is 232 g/mol. The molecule has 1 aromatic carbocycles. The normalized spacial score (nSPS) is 12.8. The van der Waals surface area contributed by atoms with Gasteiger partial charge in [0, 0.05) is 18.5 Å². The molecule has 1 rings (SSSR count). The van der Waals surface area contributed by atoms with E-state index in [9.17, 15) is 18.9 Å². The van der Waals surface area contributed by atoms with Crippen LogP contribution in [-0.2, 0) is 0 Å². The quantitative estimate of drug-likeness (QED) is 0.613. The molecule has 0 heterocycles. The summed E-state index contributed by atoms with van der Waals surface area (Å²) >= 11 is 0. The number of nitrogens with zero attached hydrogens (tertiary/aromatic N) is 1. The van der Waals surface area contributed by atoms with Crippen molar-refractivity contribution in [3.05, 3.63) is 33.9 Å². The fourth-order valence-electron chi connectivity index (χ4n) is 1.32. The van der Waals surface area contributed by atoms with Crippen LogP contribution in [0.5, 0.6) is 5.75 Å². The Hall–Kier alpha value is -1.76. The number of nitrogens with two attached hydrogens (primary N) is 1. The van der Waals surface area contributed by atoms with Crippen molar-refractivity contribution in [2.24, 2.45) is 5.73 Å². The Labute approximate surface area is 89.6 Å². The second kappa shape index (κ2) is 4.84. The third kappa shape index (κ3) is 2.86. The summed E-state index contributed by atoms with van der Waals surface area (Å²) in [5.41, 5.74) is 4.95. The van der Waals surface area contributed by atoms with Crippen LogP contribution < -0.4 is 5.73 Å². The van der Waals surface area contributed by atoms with Gasteiger partial charge in [0.05, 0.1) is 10.5 Å². The second-order valence-electron chi connectivity index (χ2n) is 3.23. The summed E-state index contributed by atoms with van der Waals surface area (Å²) in [5.74, 6) is -0.245. The topological polar surface area (TPSA) is 89.4 Å². The lowest BCUT2D eigenvalue weighted by Gasteiger charge is -2.11. The minimum absolute atomic E-state index is 0.0923. The highest BCUT2D eigenvalue weighted by atomic mass is 19.3. The van der Waals surface area contributed by atoms with E-state index in [1.165, 1.54) is 0 Å². The summed E-state index contributed by atoms with van der Waals surface area (Å²) < 4.78 is 24.2. The Kier molecular flexibility index (Phi) is 3.73. The van der Waals surface area contributed by atoms with Gasteiger partial charge in [-0.2, -0.15) is 0 Å². The third-order valence-electron chi connectivity index (χ3n) is 2.04. The molecule has 0 radical (unpaired) electrons. The first-order valence-electron chi connectivity index (χ1n) is 4.43. The van der Waals surface area contributed by atoms with Crippen molar-refractivity contribution >= 4 is 5.69 Å². The van der Waals surface area contributed by atoms with Crippen molar-refractivity contribution in [1.29, 1.82) is 0 Å².